The van der Waals surface area contributed by atoms with Gasteiger partial charge in [-0.2, -0.15) is 4.31 Å². The maximum atomic E-state index is 13.0. The smallest absolute Gasteiger partial charge is 0.243 e. The summed E-state index contributed by atoms with van der Waals surface area (Å²) in [5, 5.41) is 0. The molecule has 0 bridgehead atoms. The Hall–Kier alpha value is -2.32. The van der Waals surface area contributed by atoms with Gasteiger partial charge in [-0.05, 0) is 49.2 Å². The summed E-state index contributed by atoms with van der Waals surface area (Å²) >= 11 is 0. The Morgan fingerprint density at radius 2 is 1.63 bits per heavy atom. The number of nitrogens with zero attached hydrogens (tertiary/aromatic N) is 1. The van der Waals surface area contributed by atoms with E-state index in [1.54, 1.807) is 24.3 Å². The Morgan fingerprint density at radius 3 is 2.33 bits per heavy atom. The van der Waals surface area contributed by atoms with Gasteiger partial charge >= 0.3 is 0 Å². The minimum absolute atomic E-state index is 0.0952. The quantitative estimate of drug-likeness (QED) is 0.799. The third-order valence-electron chi connectivity index (χ3n) is 4.67. The fraction of sp³-hybridized carbons (Fsp3) is 0.368. The van der Waals surface area contributed by atoms with Crippen molar-refractivity contribution in [1.29, 1.82) is 0 Å². The number of hydrogen-bond acceptors (Lipinski definition) is 5. The van der Waals surface area contributed by atoms with Gasteiger partial charge in [0.2, 0.25) is 10.0 Å². The van der Waals surface area contributed by atoms with Gasteiger partial charge in [0.05, 0.1) is 4.90 Å². The molecule has 8 heteroatoms. The van der Waals surface area contributed by atoms with Crippen molar-refractivity contribution in [2.45, 2.75) is 23.8 Å². The van der Waals surface area contributed by atoms with E-state index in [1.807, 2.05) is 0 Å². The first-order chi connectivity index (χ1) is 13.0. The lowest BCUT2D eigenvalue weighted by Crippen LogP contribution is -2.41. The molecule has 0 saturated carbocycles. The van der Waals surface area contributed by atoms with Crippen LogP contribution in [-0.2, 0) is 10.0 Å². The van der Waals surface area contributed by atoms with Crippen molar-refractivity contribution < 1.29 is 27.0 Å². The van der Waals surface area contributed by atoms with Crippen LogP contribution in [-0.4, -0.2) is 45.1 Å². The zero-order chi connectivity index (χ0) is 18.9. The van der Waals surface area contributed by atoms with Gasteiger partial charge in [0.1, 0.15) is 30.9 Å². The first-order valence-corrected chi connectivity index (χ1v) is 10.3. The highest BCUT2D eigenvalue weighted by atomic mass is 32.2. The van der Waals surface area contributed by atoms with E-state index in [1.165, 1.54) is 22.5 Å². The second kappa shape index (κ2) is 7.36. The standard InChI is InChI=1S/C19H20FNO5S/c20-14-1-3-15(4-2-14)26-16-7-9-21(10-8-16)27(22,23)17-5-6-18-19(13-17)25-12-11-24-18/h1-6,13,16H,7-12H2. The molecule has 4 rings (SSSR count). The molecular formula is C19H20FNO5S. The topological polar surface area (TPSA) is 65.1 Å². The average Bonchev–Trinajstić information content (AvgIpc) is 2.70. The van der Waals surface area contributed by atoms with Crippen molar-refractivity contribution in [2.75, 3.05) is 26.3 Å². The molecule has 2 aliphatic heterocycles. The van der Waals surface area contributed by atoms with Crippen LogP contribution < -0.4 is 14.2 Å². The summed E-state index contributed by atoms with van der Waals surface area (Å²) in [5.74, 6) is 1.29. The van der Waals surface area contributed by atoms with E-state index in [9.17, 15) is 12.8 Å². The fourth-order valence-corrected chi connectivity index (χ4v) is 4.71. The molecule has 0 radical (unpaired) electrons. The average molecular weight is 393 g/mol. The van der Waals surface area contributed by atoms with Crippen LogP contribution in [0.1, 0.15) is 12.8 Å². The second-order valence-corrected chi connectivity index (χ2v) is 8.42. The van der Waals surface area contributed by atoms with Gasteiger partial charge in [-0.15, -0.1) is 0 Å². The van der Waals surface area contributed by atoms with Gasteiger partial charge in [0.25, 0.3) is 0 Å². The maximum absolute atomic E-state index is 13.0. The highest BCUT2D eigenvalue weighted by Gasteiger charge is 2.31. The number of halogens is 1. The summed E-state index contributed by atoms with van der Waals surface area (Å²) in [6, 6.07) is 10.5. The lowest BCUT2D eigenvalue weighted by atomic mass is 10.1. The molecule has 27 heavy (non-hydrogen) atoms. The molecule has 2 heterocycles. The SMILES string of the molecule is O=S(=O)(c1ccc2c(c1)OCCO2)N1CCC(Oc2ccc(F)cc2)CC1. The van der Waals surface area contributed by atoms with Crippen molar-refractivity contribution in [3.63, 3.8) is 0 Å². The molecule has 144 valence electrons. The number of fused-ring (bicyclic) bond motifs is 1. The molecule has 1 fully saturated rings. The molecule has 0 aromatic heterocycles. The molecule has 0 atom stereocenters. The normalized spacial score (nSPS) is 18.3. The predicted octanol–water partition coefficient (Wildman–Crippen LogP) is 2.83. The predicted molar refractivity (Wildman–Crippen MR) is 96.2 cm³/mol. The number of hydrogen-bond donors (Lipinski definition) is 0. The van der Waals surface area contributed by atoms with Crippen molar-refractivity contribution in [1.82, 2.24) is 4.31 Å². The number of ether oxygens (including phenoxy) is 3. The summed E-state index contributed by atoms with van der Waals surface area (Å²) in [6.07, 6.45) is 1.05. The highest BCUT2D eigenvalue weighted by Crippen LogP contribution is 2.33. The molecule has 0 amide bonds. The van der Waals surface area contributed by atoms with Gasteiger partial charge in [0, 0.05) is 19.2 Å². The molecule has 2 aromatic carbocycles. The van der Waals surface area contributed by atoms with Crippen molar-refractivity contribution >= 4 is 10.0 Å². The Kier molecular flexibility index (Phi) is 4.92. The molecule has 0 spiro atoms. The molecule has 2 aromatic rings. The van der Waals surface area contributed by atoms with Gasteiger partial charge in [-0.3, -0.25) is 0 Å². The Morgan fingerprint density at radius 1 is 0.963 bits per heavy atom. The Bertz CT molecular complexity index is 908. The molecule has 0 unspecified atom stereocenters. The van der Waals surface area contributed by atoms with E-state index in [-0.39, 0.29) is 16.8 Å². The Balaban J connectivity index is 1.41. The van der Waals surface area contributed by atoms with E-state index in [0.717, 1.165) is 0 Å². The second-order valence-electron chi connectivity index (χ2n) is 6.48. The van der Waals surface area contributed by atoms with Gasteiger partial charge in [0.15, 0.2) is 11.5 Å². The molecule has 6 nitrogen and oxygen atoms in total. The van der Waals surface area contributed by atoms with Crippen LogP contribution in [0.25, 0.3) is 0 Å². The number of sulfonamides is 1. The van der Waals surface area contributed by atoms with E-state index >= 15 is 0 Å². The van der Waals surface area contributed by atoms with E-state index in [2.05, 4.69) is 0 Å². The summed E-state index contributed by atoms with van der Waals surface area (Å²) in [7, 11) is -3.60. The van der Waals surface area contributed by atoms with Gasteiger partial charge in [-0.1, -0.05) is 0 Å². The largest absolute Gasteiger partial charge is 0.490 e. The monoisotopic (exact) mass is 393 g/mol. The third kappa shape index (κ3) is 3.86. The van der Waals surface area contributed by atoms with E-state index in [4.69, 9.17) is 14.2 Å². The van der Waals surface area contributed by atoms with Crippen molar-refractivity contribution in [3.8, 4) is 17.2 Å². The van der Waals surface area contributed by atoms with Crippen LogP contribution in [0, 0.1) is 5.82 Å². The Labute approximate surface area is 157 Å². The summed E-state index contributed by atoms with van der Waals surface area (Å²) in [6.45, 7) is 1.59. The number of rotatable bonds is 4. The number of benzene rings is 2. The van der Waals surface area contributed by atoms with Crippen LogP contribution >= 0.6 is 0 Å². The minimum Gasteiger partial charge on any atom is -0.490 e. The lowest BCUT2D eigenvalue weighted by molar-refractivity contribution is 0.135. The third-order valence-corrected chi connectivity index (χ3v) is 6.56. The molecule has 0 N–H and O–H groups in total. The lowest BCUT2D eigenvalue weighted by Gasteiger charge is -2.31. The van der Waals surface area contributed by atoms with Crippen LogP contribution in [0.3, 0.4) is 0 Å². The summed E-state index contributed by atoms with van der Waals surface area (Å²) in [5.41, 5.74) is 0. The molecule has 0 aliphatic carbocycles. The minimum atomic E-state index is -3.60. The molecular weight excluding hydrogens is 373 g/mol. The van der Waals surface area contributed by atoms with Crippen LogP contribution in [0.5, 0.6) is 17.2 Å². The maximum Gasteiger partial charge on any atom is 0.243 e. The van der Waals surface area contributed by atoms with Crippen LogP contribution in [0.2, 0.25) is 0 Å². The van der Waals surface area contributed by atoms with Crippen molar-refractivity contribution in [2.24, 2.45) is 0 Å². The first-order valence-electron chi connectivity index (χ1n) is 8.84. The number of piperidine rings is 1. The van der Waals surface area contributed by atoms with Crippen LogP contribution in [0.15, 0.2) is 47.4 Å². The highest BCUT2D eigenvalue weighted by molar-refractivity contribution is 7.89. The first kappa shape index (κ1) is 18.1. The van der Waals surface area contributed by atoms with E-state index < -0.39 is 10.0 Å². The van der Waals surface area contributed by atoms with Gasteiger partial charge in [-0.25, -0.2) is 12.8 Å². The van der Waals surface area contributed by atoms with Crippen LogP contribution in [0.4, 0.5) is 4.39 Å². The summed E-state index contributed by atoms with van der Waals surface area (Å²) in [4.78, 5) is 0.199. The fourth-order valence-electron chi connectivity index (χ4n) is 3.23. The zero-order valence-electron chi connectivity index (χ0n) is 14.6. The van der Waals surface area contributed by atoms with Gasteiger partial charge < -0.3 is 14.2 Å². The zero-order valence-corrected chi connectivity index (χ0v) is 15.5. The molecule has 2 aliphatic rings. The summed E-state index contributed by atoms with van der Waals surface area (Å²) < 4.78 is 57.0. The van der Waals surface area contributed by atoms with Crippen molar-refractivity contribution in [3.05, 3.63) is 48.3 Å². The molecule has 1 saturated heterocycles. The van der Waals surface area contributed by atoms with E-state index in [0.29, 0.717) is 56.4 Å².